The second-order valence-corrected chi connectivity index (χ2v) is 5.48. The molecular weight excluding hydrogens is 220 g/mol. The molecule has 0 saturated heterocycles. The Bertz CT molecular complexity index is 432. The minimum atomic E-state index is -1.46. The summed E-state index contributed by atoms with van der Waals surface area (Å²) in [6.07, 6.45) is -0.340. The summed E-state index contributed by atoms with van der Waals surface area (Å²) in [5.74, 6) is 1.30. The number of carbonyl (C=O) groups is 1. The summed E-state index contributed by atoms with van der Waals surface area (Å²) in [5, 5.41) is 18.5. The van der Waals surface area contributed by atoms with Gasteiger partial charge < -0.3 is 14.6 Å². The first-order valence-corrected chi connectivity index (χ1v) is 5.85. The maximum Gasteiger partial charge on any atom is 0.333 e. The largest absolute Gasteiger partial charge is 0.479 e. The van der Waals surface area contributed by atoms with E-state index >= 15 is 0 Å². The Balaban J connectivity index is 2.21. The van der Waals surface area contributed by atoms with E-state index in [1.165, 1.54) is 0 Å². The molecule has 0 aromatic carbocycles. The van der Waals surface area contributed by atoms with Gasteiger partial charge in [-0.05, 0) is 38.3 Å². The first-order valence-electron chi connectivity index (χ1n) is 5.85. The van der Waals surface area contributed by atoms with E-state index in [4.69, 9.17) is 9.52 Å². The van der Waals surface area contributed by atoms with Crippen molar-refractivity contribution < 1.29 is 19.4 Å². The number of carboxylic acids is 1. The molecular formula is C13H18O4. The van der Waals surface area contributed by atoms with E-state index in [0.29, 0.717) is 17.6 Å². The molecule has 1 aliphatic rings. The summed E-state index contributed by atoms with van der Waals surface area (Å²) < 4.78 is 5.69. The molecule has 1 aromatic rings. The molecule has 1 aliphatic carbocycles. The van der Waals surface area contributed by atoms with E-state index in [1.54, 1.807) is 19.9 Å². The Morgan fingerprint density at radius 3 is 2.59 bits per heavy atom. The molecule has 3 atom stereocenters. The number of carboxylic acid groups (broad SMARTS) is 1. The van der Waals surface area contributed by atoms with Gasteiger partial charge in [0.15, 0.2) is 6.10 Å². The van der Waals surface area contributed by atoms with Gasteiger partial charge in [0.1, 0.15) is 11.5 Å². The van der Waals surface area contributed by atoms with Gasteiger partial charge in [0.2, 0.25) is 0 Å². The molecule has 3 unspecified atom stereocenters. The molecule has 17 heavy (non-hydrogen) atoms. The highest BCUT2D eigenvalue weighted by atomic mass is 16.4. The molecule has 2 N–H and O–H groups in total. The average Bonchev–Trinajstić information content (AvgIpc) is 2.81. The van der Waals surface area contributed by atoms with E-state index in [2.05, 4.69) is 6.92 Å². The molecule has 4 nitrogen and oxygen atoms in total. The van der Waals surface area contributed by atoms with E-state index in [-0.39, 0.29) is 0 Å². The van der Waals surface area contributed by atoms with Crippen molar-refractivity contribution in [2.75, 3.05) is 0 Å². The zero-order valence-electron chi connectivity index (χ0n) is 10.3. The van der Waals surface area contributed by atoms with Crippen molar-refractivity contribution in [2.45, 2.75) is 44.6 Å². The highest BCUT2D eigenvalue weighted by Gasteiger charge is 2.41. The second-order valence-electron chi connectivity index (χ2n) is 5.48. The van der Waals surface area contributed by atoms with Gasteiger partial charge in [0, 0.05) is 5.92 Å². The predicted molar refractivity (Wildman–Crippen MR) is 61.9 cm³/mol. The van der Waals surface area contributed by atoms with Gasteiger partial charge in [-0.15, -0.1) is 0 Å². The van der Waals surface area contributed by atoms with Crippen molar-refractivity contribution in [1.82, 2.24) is 0 Å². The maximum absolute atomic E-state index is 10.8. The van der Waals surface area contributed by atoms with Crippen LogP contribution in [0.5, 0.6) is 0 Å². The number of aliphatic hydroxyl groups excluding tert-OH is 1. The van der Waals surface area contributed by atoms with Crippen molar-refractivity contribution in [3.8, 4) is 0 Å². The van der Waals surface area contributed by atoms with Crippen LogP contribution in [0.25, 0.3) is 0 Å². The van der Waals surface area contributed by atoms with Crippen LogP contribution in [0, 0.1) is 5.92 Å². The summed E-state index contributed by atoms with van der Waals surface area (Å²) in [6, 6.07) is 3.66. The van der Waals surface area contributed by atoms with Crippen molar-refractivity contribution in [1.29, 1.82) is 0 Å². The van der Waals surface area contributed by atoms with Gasteiger partial charge in [0.25, 0.3) is 0 Å². The summed E-state index contributed by atoms with van der Waals surface area (Å²) in [5.41, 5.74) is -0.914. The van der Waals surface area contributed by atoms with E-state index in [1.807, 2.05) is 6.07 Å². The molecule has 0 aliphatic heterocycles. The standard InChI is InChI=1S/C13H18O4/c1-7-6-8(7)9-4-5-10(17-9)13(2,3)11(14)12(15)16/h4-5,7-8,11,14H,6H2,1-3H3,(H,15,16). The molecule has 0 spiro atoms. The number of aliphatic carboxylic acids is 1. The quantitative estimate of drug-likeness (QED) is 0.843. The van der Waals surface area contributed by atoms with E-state index in [9.17, 15) is 9.90 Å². The Labute approximate surface area is 100 Å². The Morgan fingerprint density at radius 2 is 2.12 bits per heavy atom. The number of rotatable bonds is 4. The number of furan rings is 1. The topological polar surface area (TPSA) is 70.7 Å². The second kappa shape index (κ2) is 3.88. The van der Waals surface area contributed by atoms with E-state index < -0.39 is 17.5 Å². The third kappa shape index (κ3) is 2.09. The molecule has 94 valence electrons. The highest BCUT2D eigenvalue weighted by Crippen LogP contribution is 2.48. The molecule has 1 saturated carbocycles. The van der Waals surface area contributed by atoms with Crippen molar-refractivity contribution in [3.05, 3.63) is 23.7 Å². The summed E-state index contributed by atoms with van der Waals surface area (Å²) in [6.45, 7) is 5.50. The molecule has 4 heteroatoms. The Hall–Kier alpha value is -1.29. The van der Waals surface area contributed by atoms with Crippen molar-refractivity contribution >= 4 is 5.97 Å². The van der Waals surface area contributed by atoms with Crippen LogP contribution in [0.1, 0.15) is 44.6 Å². The third-order valence-corrected chi connectivity index (χ3v) is 3.65. The molecule has 0 radical (unpaired) electrons. The maximum atomic E-state index is 10.8. The molecule has 0 bridgehead atoms. The van der Waals surface area contributed by atoms with Gasteiger partial charge >= 0.3 is 5.97 Å². The molecule has 1 fully saturated rings. The highest BCUT2D eigenvalue weighted by molar-refractivity contribution is 5.74. The lowest BCUT2D eigenvalue weighted by atomic mass is 9.84. The molecule has 0 amide bonds. The van der Waals surface area contributed by atoms with Gasteiger partial charge in [-0.25, -0.2) is 4.79 Å². The van der Waals surface area contributed by atoms with Crippen LogP contribution in [0.2, 0.25) is 0 Å². The molecule has 2 rings (SSSR count). The van der Waals surface area contributed by atoms with Crippen LogP contribution in [-0.2, 0) is 10.2 Å². The van der Waals surface area contributed by atoms with Crippen molar-refractivity contribution in [2.24, 2.45) is 5.92 Å². The monoisotopic (exact) mass is 238 g/mol. The smallest absolute Gasteiger partial charge is 0.333 e. The van der Waals surface area contributed by atoms with Crippen LogP contribution in [0.3, 0.4) is 0 Å². The fourth-order valence-electron chi connectivity index (χ4n) is 2.06. The number of hydrogen-bond donors (Lipinski definition) is 2. The summed E-state index contributed by atoms with van der Waals surface area (Å²) in [4.78, 5) is 10.8. The first kappa shape index (κ1) is 12.2. The van der Waals surface area contributed by atoms with Crippen LogP contribution >= 0.6 is 0 Å². The van der Waals surface area contributed by atoms with Gasteiger partial charge in [0.05, 0.1) is 5.41 Å². The fraction of sp³-hybridized carbons (Fsp3) is 0.615. The van der Waals surface area contributed by atoms with Gasteiger partial charge in [-0.1, -0.05) is 6.92 Å². The fourth-order valence-corrected chi connectivity index (χ4v) is 2.06. The molecule has 1 heterocycles. The zero-order chi connectivity index (χ0) is 12.8. The first-order chi connectivity index (χ1) is 7.84. The van der Waals surface area contributed by atoms with Crippen LogP contribution < -0.4 is 0 Å². The third-order valence-electron chi connectivity index (χ3n) is 3.65. The number of aliphatic hydroxyl groups is 1. The predicted octanol–water partition coefficient (Wildman–Crippen LogP) is 2.13. The summed E-state index contributed by atoms with van der Waals surface area (Å²) >= 11 is 0. The minimum Gasteiger partial charge on any atom is -0.479 e. The SMILES string of the molecule is CC1CC1c1ccc(C(C)(C)C(O)C(=O)O)o1. The van der Waals surface area contributed by atoms with Crippen LogP contribution in [0.4, 0.5) is 0 Å². The Morgan fingerprint density at radius 1 is 1.53 bits per heavy atom. The lowest BCUT2D eigenvalue weighted by Crippen LogP contribution is -2.39. The zero-order valence-corrected chi connectivity index (χ0v) is 10.3. The van der Waals surface area contributed by atoms with E-state index in [0.717, 1.165) is 12.2 Å². The molecule has 1 aromatic heterocycles. The van der Waals surface area contributed by atoms with Gasteiger partial charge in [-0.2, -0.15) is 0 Å². The lowest BCUT2D eigenvalue weighted by Gasteiger charge is -2.25. The van der Waals surface area contributed by atoms with Crippen LogP contribution in [0.15, 0.2) is 16.5 Å². The lowest BCUT2D eigenvalue weighted by molar-refractivity contribution is -0.150. The summed E-state index contributed by atoms with van der Waals surface area (Å²) in [7, 11) is 0. The van der Waals surface area contributed by atoms with Gasteiger partial charge in [-0.3, -0.25) is 0 Å². The van der Waals surface area contributed by atoms with Crippen molar-refractivity contribution in [3.63, 3.8) is 0 Å². The minimum absolute atomic E-state index is 0.460. The normalized spacial score (nSPS) is 25.6. The van der Waals surface area contributed by atoms with Crippen LogP contribution in [-0.4, -0.2) is 22.3 Å². The average molecular weight is 238 g/mol. The Kier molecular flexibility index (Phi) is 2.78. The number of hydrogen-bond acceptors (Lipinski definition) is 3.